The predicted octanol–water partition coefficient (Wildman–Crippen LogP) is 6.34. The molecule has 11 heteroatoms. The number of aliphatic hydroxyl groups is 1. The van der Waals surface area contributed by atoms with Gasteiger partial charge in [-0.3, -0.25) is 4.79 Å². The number of fused-ring (bicyclic) bond motifs is 2. The Morgan fingerprint density at radius 3 is 2.67 bits per heavy atom. The molecule has 0 saturated heterocycles. The molecule has 2 aromatic heterocycles. The molecule has 0 atom stereocenters. The standard InChI is InChI=1S/C25H25F3N4O3S/c1-32-20-10-5-15(21(34)11-4-14-2-6-16(33)7-3-14)12-19(20)29-23(32)31-24-30-18-9-8-17(13-22(18)36-24)35-25(26,27)28/h5,8-10,12-14,16,33H,2-4,6-7,11H2,1H3,(H,29,30,31). The highest BCUT2D eigenvalue weighted by molar-refractivity contribution is 7.22. The summed E-state index contributed by atoms with van der Waals surface area (Å²) < 4.78 is 43.9. The van der Waals surface area contributed by atoms with Crippen LogP contribution in [0.2, 0.25) is 0 Å². The number of anilines is 2. The van der Waals surface area contributed by atoms with Crippen molar-refractivity contribution in [1.29, 1.82) is 0 Å². The fourth-order valence-corrected chi connectivity index (χ4v) is 5.54. The zero-order chi connectivity index (χ0) is 25.4. The summed E-state index contributed by atoms with van der Waals surface area (Å²) in [4.78, 5) is 21.8. The van der Waals surface area contributed by atoms with Gasteiger partial charge in [-0.2, -0.15) is 0 Å². The lowest BCUT2D eigenvalue weighted by molar-refractivity contribution is -0.274. The number of aliphatic hydroxyl groups excluding tert-OH is 1. The number of halogens is 3. The summed E-state index contributed by atoms with van der Waals surface area (Å²) in [5.74, 6) is 0.760. The highest BCUT2D eigenvalue weighted by Gasteiger charge is 2.31. The van der Waals surface area contributed by atoms with Crippen LogP contribution in [0.5, 0.6) is 5.75 Å². The van der Waals surface area contributed by atoms with E-state index in [1.165, 1.54) is 29.5 Å². The minimum Gasteiger partial charge on any atom is -0.406 e. The van der Waals surface area contributed by atoms with Gasteiger partial charge in [0.1, 0.15) is 5.75 Å². The number of nitrogens with zero attached hydrogens (tertiary/aromatic N) is 3. The maximum absolute atomic E-state index is 12.8. The van der Waals surface area contributed by atoms with Gasteiger partial charge < -0.3 is 19.7 Å². The number of ketones is 1. The first-order valence-corrected chi connectivity index (χ1v) is 12.6. The number of aromatic nitrogens is 3. The van der Waals surface area contributed by atoms with E-state index in [-0.39, 0.29) is 17.6 Å². The number of aryl methyl sites for hydroxylation is 1. The molecule has 5 rings (SSSR count). The summed E-state index contributed by atoms with van der Waals surface area (Å²) in [6, 6.07) is 9.45. The monoisotopic (exact) mass is 518 g/mol. The van der Waals surface area contributed by atoms with E-state index in [1.807, 2.05) is 17.7 Å². The molecular weight excluding hydrogens is 493 g/mol. The lowest BCUT2D eigenvalue weighted by Crippen LogP contribution is -2.18. The Hall–Kier alpha value is -3.18. The van der Waals surface area contributed by atoms with E-state index >= 15 is 0 Å². The summed E-state index contributed by atoms with van der Waals surface area (Å²) in [6.07, 6.45) is -0.114. The van der Waals surface area contributed by atoms with Gasteiger partial charge in [0.25, 0.3) is 0 Å². The molecule has 0 unspecified atom stereocenters. The van der Waals surface area contributed by atoms with Gasteiger partial charge >= 0.3 is 6.36 Å². The number of hydrogen-bond acceptors (Lipinski definition) is 7. The van der Waals surface area contributed by atoms with E-state index in [4.69, 9.17) is 0 Å². The van der Waals surface area contributed by atoms with E-state index in [9.17, 15) is 23.1 Å². The maximum Gasteiger partial charge on any atom is 0.573 e. The van der Waals surface area contributed by atoms with Crippen molar-refractivity contribution in [3.05, 3.63) is 42.0 Å². The van der Waals surface area contributed by atoms with Crippen molar-refractivity contribution >= 4 is 49.4 Å². The average Bonchev–Trinajstić information content (AvgIpc) is 3.37. The Bertz CT molecular complexity index is 1410. The number of hydrogen-bond donors (Lipinski definition) is 2. The number of alkyl halides is 3. The summed E-state index contributed by atoms with van der Waals surface area (Å²) in [5.41, 5.74) is 2.64. The van der Waals surface area contributed by atoms with Crippen molar-refractivity contribution in [3.63, 3.8) is 0 Å². The Labute approximate surface area is 208 Å². The molecule has 1 saturated carbocycles. The number of thiazole rings is 1. The molecule has 0 amide bonds. The lowest BCUT2D eigenvalue weighted by Gasteiger charge is -2.24. The van der Waals surface area contributed by atoms with E-state index < -0.39 is 6.36 Å². The fourth-order valence-electron chi connectivity index (χ4n) is 4.65. The lowest BCUT2D eigenvalue weighted by atomic mass is 9.84. The minimum atomic E-state index is -4.76. The van der Waals surface area contributed by atoms with Crippen molar-refractivity contribution in [3.8, 4) is 5.75 Å². The zero-order valence-electron chi connectivity index (χ0n) is 19.5. The van der Waals surface area contributed by atoms with Gasteiger partial charge in [-0.25, -0.2) is 9.97 Å². The second-order valence-electron chi connectivity index (χ2n) is 9.16. The summed E-state index contributed by atoms with van der Waals surface area (Å²) in [5, 5.41) is 13.3. The Kier molecular flexibility index (Phi) is 6.60. The maximum atomic E-state index is 12.8. The van der Waals surface area contributed by atoms with E-state index in [0.29, 0.717) is 44.7 Å². The second-order valence-corrected chi connectivity index (χ2v) is 10.2. The highest BCUT2D eigenvalue weighted by Crippen LogP contribution is 2.33. The van der Waals surface area contributed by atoms with Crippen LogP contribution in [0.4, 0.5) is 24.3 Å². The van der Waals surface area contributed by atoms with Gasteiger partial charge in [0.2, 0.25) is 5.95 Å². The Morgan fingerprint density at radius 2 is 1.92 bits per heavy atom. The topological polar surface area (TPSA) is 89.3 Å². The van der Waals surface area contributed by atoms with Crippen LogP contribution in [0, 0.1) is 5.92 Å². The largest absolute Gasteiger partial charge is 0.573 e. The first-order valence-electron chi connectivity index (χ1n) is 11.8. The fraction of sp³-hybridized carbons (Fsp3) is 0.400. The summed E-state index contributed by atoms with van der Waals surface area (Å²) in [7, 11) is 1.83. The number of benzene rings is 2. The number of ether oxygens (including phenoxy) is 1. The van der Waals surface area contributed by atoms with Crippen LogP contribution < -0.4 is 10.1 Å². The molecule has 36 heavy (non-hydrogen) atoms. The van der Waals surface area contributed by atoms with Crippen molar-refractivity contribution in [1.82, 2.24) is 14.5 Å². The van der Waals surface area contributed by atoms with Gasteiger partial charge in [-0.1, -0.05) is 11.3 Å². The SMILES string of the molecule is Cn1c(Nc2nc3ccc(OC(F)(F)F)cc3s2)nc2cc(C(=O)CCC3CCC(O)CC3)ccc21. The van der Waals surface area contributed by atoms with Crippen LogP contribution in [-0.2, 0) is 7.05 Å². The molecule has 0 spiro atoms. The van der Waals surface area contributed by atoms with Crippen LogP contribution in [0.3, 0.4) is 0 Å². The molecule has 1 fully saturated rings. The molecule has 0 aliphatic heterocycles. The number of nitrogens with one attached hydrogen (secondary N) is 1. The molecule has 0 bridgehead atoms. The third-order valence-electron chi connectivity index (χ3n) is 6.61. The molecule has 2 aromatic carbocycles. The molecule has 4 aromatic rings. The molecule has 7 nitrogen and oxygen atoms in total. The van der Waals surface area contributed by atoms with Gasteiger partial charge in [0, 0.05) is 25.1 Å². The van der Waals surface area contributed by atoms with E-state index in [2.05, 4.69) is 20.0 Å². The van der Waals surface area contributed by atoms with Crippen LogP contribution in [0.25, 0.3) is 21.3 Å². The predicted molar refractivity (Wildman–Crippen MR) is 132 cm³/mol. The van der Waals surface area contributed by atoms with Gasteiger partial charge in [0.05, 0.1) is 27.4 Å². The van der Waals surface area contributed by atoms with E-state index in [1.54, 1.807) is 12.1 Å². The number of carbonyl (C=O) groups excluding carboxylic acids is 1. The molecule has 0 radical (unpaired) electrons. The first-order chi connectivity index (χ1) is 17.1. The van der Waals surface area contributed by atoms with Crippen LogP contribution in [-0.4, -0.2) is 37.9 Å². The van der Waals surface area contributed by atoms with Crippen LogP contribution >= 0.6 is 11.3 Å². The molecule has 2 heterocycles. The third kappa shape index (κ3) is 5.46. The zero-order valence-corrected chi connectivity index (χ0v) is 20.3. The Morgan fingerprint density at radius 1 is 1.14 bits per heavy atom. The minimum absolute atomic E-state index is 0.0752. The number of rotatable bonds is 7. The summed E-state index contributed by atoms with van der Waals surface area (Å²) >= 11 is 1.19. The van der Waals surface area contributed by atoms with Crippen molar-refractivity contribution in [2.75, 3.05) is 5.32 Å². The van der Waals surface area contributed by atoms with Gasteiger partial charge in [-0.05, 0) is 68.4 Å². The van der Waals surface area contributed by atoms with Crippen molar-refractivity contribution in [2.45, 2.75) is 51.0 Å². The molecule has 2 N–H and O–H groups in total. The molecule has 1 aliphatic rings. The highest BCUT2D eigenvalue weighted by atomic mass is 32.1. The molecule has 190 valence electrons. The average molecular weight is 519 g/mol. The van der Waals surface area contributed by atoms with Crippen molar-refractivity contribution in [2.24, 2.45) is 13.0 Å². The van der Waals surface area contributed by atoms with Crippen LogP contribution in [0.1, 0.15) is 48.9 Å². The Balaban J connectivity index is 1.30. The quantitative estimate of drug-likeness (QED) is 0.278. The molecule has 1 aliphatic carbocycles. The van der Waals surface area contributed by atoms with Crippen LogP contribution in [0.15, 0.2) is 36.4 Å². The third-order valence-corrected chi connectivity index (χ3v) is 7.54. The molecular formula is C25H25F3N4O3S. The number of carbonyl (C=O) groups is 1. The number of Topliss-reactive ketones (excluding diaryl/α,β-unsaturated/α-hetero) is 1. The van der Waals surface area contributed by atoms with Gasteiger partial charge in [0.15, 0.2) is 10.9 Å². The van der Waals surface area contributed by atoms with Gasteiger partial charge in [-0.15, -0.1) is 13.2 Å². The normalized spacial score (nSPS) is 18.6. The first kappa shape index (κ1) is 24.5. The summed E-state index contributed by atoms with van der Waals surface area (Å²) in [6.45, 7) is 0. The van der Waals surface area contributed by atoms with Crippen molar-refractivity contribution < 1.29 is 27.8 Å². The van der Waals surface area contributed by atoms with E-state index in [0.717, 1.165) is 37.6 Å². The second kappa shape index (κ2) is 9.70. The number of imidazole rings is 1. The smallest absolute Gasteiger partial charge is 0.406 e.